The highest BCUT2D eigenvalue weighted by molar-refractivity contribution is 7.89. The van der Waals surface area contributed by atoms with Crippen molar-refractivity contribution < 1.29 is 27.2 Å². The first-order chi connectivity index (χ1) is 12.4. The lowest BCUT2D eigenvalue weighted by Crippen LogP contribution is -2.40. The van der Waals surface area contributed by atoms with Gasteiger partial charge >= 0.3 is 0 Å². The summed E-state index contributed by atoms with van der Waals surface area (Å²) in [6.45, 7) is 1.04. The fourth-order valence-corrected chi connectivity index (χ4v) is 3.81. The van der Waals surface area contributed by atoms with Crippen molar-refractivity contribution in [3.63, 3.8) is 0 Å². The molecular weight excluding hydrogens is 362 g/mol. The van der Waals surface area contributed by atoms with Crippen LogP contribution >= 0.6 is 0 Å². The Kier molecular flexibility index (Phi) is 5.07. The highest BCUT2D eigenvalue weighted by atomic mass is 32.2. The van der Waals surface area contributed by atoms with E-state index in [2.05, 4.69) is 5.32 Å². The van der Waals surface area contributed by atoms with Crippen molar-refractivity contribution in [3.8, 4) is 0 Å². The summed E-state index contributed by atoms with van der Waals surface area (Å²) in [4.78, 5) is 23.7. The predicted molar refractivity (Wildman–Crippen MR) is 91.2 cm³/mol. The van der Waals surface area contributed by atoms with Gasteiger partial charge < -0.3 is 20.2 Å². The number of carbonyl (C=O) groups is 2. The third-order valence-electron chi connectivity index (χ3n) is 3.81. The molecule has 0 atom stereocenters. The summed E-state index contributed by atoms with van der Waals surface area (Å²) in [6.07, 6.45) is 0. The van der Waals surface area contributed by atoms with E-state index in [1.54, 1.807) is 12.1 Å². The Morgan fingerprint density at radius 1 is 1.08 bits per heavy atom. The minimum absolute atomic E-state index is 0.133. The number of nitrogens with zero attached hydrogens (tertiary/aromatic N) is 1. The van der Waals surface area contributed by atoms with E-state index in [-0.39, 0.29) is 35.2 Å². The van der Waals surface area contributed by atoms with Crippen molar-refractivity contribution >= 4 is 27.5 Å². The van der Waals surface area contributed by atoms with Crippen LogP contribution in [0.3, 0.4) is 0 Å². The number of morpholine rings is 1. The number of nitrogens with two attached hydrogens (primary N) is 1. The Labute approximate surface area is 149 Å². The molecule has 0 bridgehead atoms. The third-order valence-corrected chi connectivity index (χ3v) is 5.58. The van der Waals surface area contributed by atoms with Gasteiger partial charge in [-0.05, 0) is 24.3 Å². The number of hydrogen-bond donors (Lipinski definition) is 2. The number of sulfonamides is 1. The molecule has 1 aliphatic heterocycles. The van der Waals surface area contributed by atoms with Gasteiger partial charge in [0.2, 0.25) is 5.09 Å². The number of amides is 2. The second-order valence-electron chi connectivity index (χ2n) is 5.50. The monoisotopic (exact) mass is 379 g/mol. The summed E-state index contributed by atoms with van der Waals surface area (Å²) in [6, 6.07) is 8.68. The molecule has 0 unspecified atom stereocenters. The first kappa shape index (κ1) is 18.1. The van der Waals surface area contributed by atoms with Crippen LogP contribution < -0.4 is 11.1 Å². The molecule has 0 aliphatic carbocycles. The number of primary amides is 1. The van der Waals surface area contributed by atoms with Crippen molar-refractivity contribution in [2.75, 3.05) is 31.6 Å². The van der Waals surface area contributed by atoms with Crippen LogP contribution in [0.1, 0.15) is 20.9 Å². The molecule has 1 aromatic carbocycles. The number of hydrogen-bond acceptors (Lipinski definition) is 6. The van der Waals surface area contributed by atoms with Gasteiger partial charge in [0.25, 0.3) is 21.8 Å². The van der Waals surface area contributed by atoms with Crippen LogP contribution in [0, 0.1) is 0 Å². The maximum Gasteiger partial charge on any atom is 0.291 e. The number of anilines is 1. The molecule has 3 N–H and O–H groups in total. The standard InChI is InChI=1S/C16H17N3O6S/c17-15(20)11-3-1-2-4-12(11)18-16(21)13-5-6-14(25-13)26(22,23)19-7-9-24-10-8-19/h1-6H,7-10H2,(H2,17,20)(H,18,21). The van der Waals surface area contributed by atoms with Crippen LogP contribution in [0.25, 0.3) is 0 Å². The summed E-state index contributed by atoms with van der Waals surface area (Å²) in [7, 11) is -3.84. The molecular formula is C16H17N3O6S. The minimum atomic E-state index is -3.84. The Bertz CT molecular complexity index is 931. The summed E-state index contributed by atoms with van der Waals surface area (Å²) in [5.74, 6) is -1.59. The molecule has 1 aliphatic rings. The molecule has 3 rings (SSSR count). The van der Waals surface area contributed by atoms with Gasteiger partial charge in [-0.15, -0.1) is 0 Å². The number of ether oxygens (including phenoxy) is 1. The molecule has 2 amide bonds. The van der Waals surface area contributed by atoms with E-state index in [1.807, 2.05) is 0 Å². The van der Waals surface area contributed by atoms with E-state index in [1.165, 1.54) is 28.6 Å². The van der Waals surface area contributed by atoms with E-state index >= 15 is 0 Å². The minimum Gasteiger partial charge on any atom is -0.438 e. The van der Waals surface area contributed by atoms with Gasteiger partial charge in [0.1, 0.15) is 0 Å². The van der Waals surface area contributed by atoms with E-state index in [0.29, 0.717) is 13.2 Å². The predicted octanol–water partition coefficient (Wildman–Crippen LogP) is 0.652. The van der Waals surface area contributed by atoms with Crippen LogP contribution in [0.15, 0.2) is 45.9 Å². The fraction of sp³-hybridized carbons (Fsp3) is 0.250. The summed E-state index contributed by atoms with van der Waals surface area (Å²) < 4.78 is 36.6. The van der Waals surface area contributed by atoms with Crippen molar-refractivity contribution in [1.82, 2.24) is 4.31 Å². The van der Waals surface area contributed by atoms with Crippen molar-refractivity contribution in [3.05, 3.63) is 47.7 Å². The molecule has 0 spiro atoms. The molecule has 1 aromatic heterocycles. The van der Waals surface area contributed by atoms with Crippen LogP contribution in [0.2, 0.25) is 0 Å². The fourth-order valence-electron chi connectivity index (χ4n) is 2.49. The molecule has 26 heavy (non-hydrogen) atoms. The quantitative estimate of drug-likeness (QED) is 0.784. The van der Waals surface area contributed by atoms with Crippen LogP contribution in [0.4, 0.5) is 5.69 Å². The van der Waals surface area contributed by atoms with E-state index in [4.69, 9.17) is 14.9 Å². The van der Waals surface area contributed by atoms with Crippen LogP contribution in [0.5, 0.6) is 0 Å². The highest BCUT2D eigenvalue weighted by Gasteiger charge is 2.30. The van der Waals surface area contributed by atoms with Crippen LogP contribution in [-0.4, -0.2) is 50.8 Å². The maximum atomic E-state index is 12.5. The van der Waals surface area contributed by atoms with E-state index in [9.17, 15) is 18.0 Å². The number of benzene rings is 1. The molecule has 1 fully saturated rings. The van der Waals surface area contributed by atoms with Gasteiger partial charge in [-0.3, -0.25) is 9.59 Å². The molecule has 0 saturated carbocycles. The van der Waals surface area contributed by atoms with Gasteiger partial charge in [0, 0.05) is 13.1 Å². The van der Waals surface area contributed by atoms with Gasteiger partial charge in [0.05, 0.1) is 24.5 Å². The van der Waals surface area contributed by atoms with Gasteiger partial charge in [0.15, 0.2) is 5.76 Å². The second kappa shape index (κ2) is 7.28. The lowest BCUT2D eigenvalue weighted by molar-refractivity contribution is 0.0723. The smallest absolute Gasteiger partial charge is 0.291 e. The van der Waals surface area contributed by atoms with Gasteiger partial charge in [-0.1, -0.05) is 12.1 Å². The second-order valence-corrected chi connectivity index (χ2v) is 7.37. The number of para-hydroxylation sites is 1. The molecule has 10 heteroatoms. The Morgan fingerprint density at radius 2 is 1.77 bits per heavy atom. The van der Waals surface area contributed by atoms with Gasteiger partial charge in [-0.2, -0.15) is 4.31 Å². The first-order valence-electron chi connectivity index (χ1n) is 7.77. The summed E-state index contributed by atoms with van der Waals surface area (Å²) >= 11 is 0. The Balaban J connectivity index is 1.79. The summed E-state index contributed by atoms with van der Waals surface area (Å²) in [5, 5.41) is 2.16. The SMILES string of the molecule is NC(=O)c1ccccc1NC(=O)c1ccc(S(=O)(=O)N2CCOCC2)o1. The lowest BCUT2D eigenvalue weighted by atomic mass is 10.1. The Hall–Kier alpha value is -2.69. The average molecular weight is 379 g/mol. The maximum absolute atomic E-state index is 12.5. The van der Waals surface area contributed by atoms with Crippen molar-refractivity contribution in [2.45, 2.75) is 5.09 Å². The lowest BCUT2D eigenvalue weighted by Gasteiger charge is -2.24. The van der Waals surface area contributed by atoms with Crippen LogP contribution in [-0.2, 0) is 14.8 Å². The van der Waals surface area contributed by atoms with Gasteiger partial charge in [-0.25, -0.2) is 8.42 Å². The molecule has 138 valence electrons. The van der Waals surface area contributed by atoms with E-state index in [0.717, 1.165) is 0 Å². The van der Waals surface area contributed by atoms with Crippen molar-refractivity contribution in [1.29, 1.82) is 0 Å². The molecule has 9 nitrogen and oxygen atoms in total. The number of nitrogens with one attached hydrogen (secondary N) is 1. The Morgan fingerprint density at radius 3 is 2.46 bits per heavy atom. The first-order valence-corrected chi connectivity index (χ1v) is 9.21. The zero-order valence-electron chi connectivity index (χ0n) is 13.7. The largest absolute Gasteiger partial charge is 0.438 e. The molecule has 1 saturated heterocycles. The zero-order chi connectivity index (χ0) is 18.7. The molecule has 0 radical (unpaired) electrons. The number of rotatable bonds is 5. The highest BCUT2D eigenvalue weighted by Crippen LogP contribution is 2.21. The topological polar surface area (TPSA) is 132 Å². The number of carbonyl (C=O) groups excluding carboxylic acids is 2. The zero-order valence-corrected chi connectivity index (χ0v) is 14.5. The number of furan rings is 1. The average Bonchev–Trinajstić information content (AvgIpc) is 3.14. The third kappa shape index (κ3) is 3.62. The normalized spacial score (nSPS) is 15.5. The van der Waals surface area contributed by atoms with E-state index < -0.39 is 21.8 Å². The molecule has 2 heterocycles. The molecule has 2 aromatic rings. The summed E-state index contributed by atoms with van der Waals surface area (Å²) in [5.41, 5.74) is 5.60. The van der Waals surface area contributed by atoms with Crippen molar-refractivity contribution in [2.24, 2.45) is 5.73 Å².